The highest BCUT2D eigenvalue weighted by Gasteiger charge is 2.27. The van der Waals surface area contributed by atoms with E-state index in [9.17, 15) is 4.79 Å². The van der Waals surface area contributed by atoms with Gasteiger partial charge >= 0.3 is 0 Å². The Morgan fingerprint density at radius 1 is 0.950 bits per heavy atom. The van der Waals surface area contributed by atoms with Crippen LogP contribution in [0.3, 0.4) is 0 Å². The van der Waals surface area contributed by atoms with E-state index >= 15 is 0 Å². The number of fused-ring (bicyclic) bond motifs is 3. The molecule has 0 heterocycles. The molecule has 0 fully saturated rings. The Morgan fingerprint density at radius 2 is 1.45 bits per heavy atom. The van der Waals surface area contributed by atoms with Gasteiger partial charge in [-0.05, 0) is 48.1 Å². The molecule has 2 aromatic carbocycles. The van der Waals surface area contributed by atoms with Crippen molar-refractivity contribution in [3.63, 3.8) is 0 Å². The molecule has 0 aliphatic heterocycles. The highest BCUT2D eigenvalue weighted by atomic mass is 16.1. The van der Waals surface area contributed by atoms with E-state index in [1.807, 2.05) is 6.92 Å². The van der Waals surface area contributed by atoms with Crippen LogP contribution in [0.4, 0.5) is 0 Å². The van der Waals surface area contributed by atoms with Crippen LogP contribution in [0.1, 0.15) is 37.3 Å². The first-order valence-electron chi connectivity index (χ1n) is 7.02. The van der Waals surface area contributed by atoms with Gasteiger partial charge in [0.1, 0.15) is 6.29 Å². The van der Waals surface area contributed by atoms with E-state index in [0.29, 0.717) is 5.92 Å². The summed E-state index contributed by atoms with van der Waals surface area (Å²) >= 11 is 0. The Morgan fingerprint density at radius 3 is 1.95 bits per heavy atom. The van der Waals surface area contributed by atoms with Gasteiger partial charge in [0.05, 0.1) is 0 Å². The summed E-state index contributed by atoms with van der Waals surface area (Å²) in [6, 6.07) is 17.2. The van der Waals surface area contributed by atoms with Crippen LogP contribution >= 0.6 is 0 Å². The number of rotatable bonds is 3. The molecule has 1 heteroatoms. The highest BCUT2D eigenvalue weighted by molar-refractivity contribution is 5.79. The molecule has 0 saturated carbocycles. The lowest BCUT2D eigenvalue weighted by molar-refractivity contribution is -0.104. The van der Waals surface area contributed by atoms with Crippen molar-refractivity contribution in [2.75, 3.05) is 0 Å². The number of carbonyl (C=O) groups excluding carboxylic acids is 1. The predicted octanol–water partition coefficient (Wildman–Crippen LogP) is 4.72. The number of hydrogen-bond acceptors (Lipinski definition) is 1. The Hall–Kier alpha value is -2.15. The number of carbonyl (C=O) groups is 1. The number of aldehydes is 1. The Kier molecular flexibility index (Phi) is 3.27. The third kappa shape index (κ3) is 2.00. The lowest BCUT2D eigenvalue weighted by Gasteiger charge is -2.14. The van der Waals surface area contributed by atoms with Gasteiger partial charge in [-0.25, -0.2) is 0 Å². The predicted molar refractivity (Wildman–Crippen MR) is 82.8 cm³/mol. The fourth-order valence-corrected chi connectivity index (χ4v) is 3.05. The van der Waals surface area contributed by atoms with Gasteiger partial charge < -0.3 is 0 Å². The van der Waals surface area contributed by atoms with E-state index in [4.69, 9.17) is 0 Å². The van der Waals surface area contributed by atoms with Crippen LogP contribution in [0.15, 0.2) is 59.7 Å². The van der Waals surface area contributed by atoms with Crippen LogP contribution < -0.4 is 0 Å². The van der Waals surface area contributed by atoms with E-state index in [2.05, 4.69) is 55.5 Å². The molecule has 0 saturated heterocycles. The van der Waals surface area contributed by atoms with Crippen molar-refractivity contribution in [2.45, 2.75) is 26.2 Å². The van der Waals surface area contributed by atoms with Crippen LogP contribution in [-0.4, -0.2) is 6.29 Å². The van der Waals surface area contributed by atoms with Gasteiger partial charge in [0.25, 0.3) is 0 Å². The summed E-state index contributed by atoms with van der Waals surface area (Å²) in [5, 5.41) is 0. The molecule has 0 amide bonds. The monoisotopic (exact) mass is 262 g/mol. The van der Waals surface area contributed by atoms with Crippen molar-refractivity contribution >= 4 is 6.29 Å². The zero-order valence-corrected chi connectivity index (χ0v) is 11.9. The van der Waals surface area contributed by atoms with Crippen LogP contribution in [-0.2, 0) is 4.79 Å². The normalized spacial score (nSPS) is 14.5. The molecular weight excluding hydrogens is 244 g/mol. The summed E-state index contributed by atoms with van der Waals surface area (Å²) in [5.41, 5.74) is 7.47. The van der Waals surface area contributed by atoms with Crippen LogP contribution in [0.5, 0.6) is 0 Å². The Bertz CT molecular complexity index is 649. The average Bonchev–Trinajstić information content (AvgIpc) is 2.81. The molecule has 1 nitrogen and oxygen atoms in total. The maximum Gasteiger partial charge on any atom is 0.145 e. The molecular formula is C19H18O. The van der Waals surface area contributed by atoms with Crippen molar-refractivity contribution in [1.82, 2.24) is 0 Å². The minimum atomic E-state index is 0.372. The van der Waals surface area contributed by atoms with Crippen LogP contribution in [0.25, 0.3) is 11.1 Å². The SMILES string of the molecule is CC(C=O)=C(C)CC1c2ccccc2-c2ccccc21. The second-order valence-corrected chi connectivity index (χ2v) is 5.51. The average molecular weight is 262 g/mol. The summed E-state index contributed by atoms with van der Waals surface area (Å²) in [5.74, 6) is 0.372. The lowest BCUT2D eigenvalue weighted by atomic mass is 9.89. The summed E-state index contributed by atoms with van der Waals surface area (Å²) in [6.45, 7) is 3.96. The van der Waals surface area contributed by atoms with Crippen LogP contribution in [0, 0.1) is 0 Å². The first-order chi connectivity index (χ1) is 9.72. The topological polar surface area (TPSA) is 17.1 Å². The van der Waals surface area contributed by atoms with Gasteiger partial charge in [-0.3, -0.25) is 4.79 Å². The first kappa shape index (κ1) is 12.9. The van der Waals surface area contributed by atoms with E-state index in [-0.39, 0.29) is 0 Å². The number of allylic oxidation sites excluding steroid dienone is 2. The first-order valence-corrected chi connectivity index (χ1v) is 7.02. The summed E-state index contributed by atoms with van der Waals surface area (Å²) < 4.78 is 0. The third-order valence-corrected chi connectivity index (χ3v) is 4.32. The van der Waals surface area contributed by atoms with E-state index in [1.165, 1.54) is 27.8 Å². The molecule has 1 aliphatic rings. The molecule has 0 radical (unpaired) electrons. The number of hydrogen-bond donors (Lipinski definition) is 0. The standard InChI is InChI=1S/C19H18O/c1-13(14(2)12-20)11-19-17-9-5-3-7-15(17)16-8-4-6-10-18(16)19/h3-10,12,19H,11H2,1-2H3. The molecule has 20 heavy (non-hydrogen) atoms. The van der Waals surface area contributed by atoms with Gasteiger partial charge in [0, 0.05) is 5.92 Å². The smallest absolute Gasteiger partial charge is 0.145 e. The van der Waals surface area contributed by atoms with E-state index < -0.39 is 0 Å². The molecule has 3 rings (SSSR count). The molecule has 0 atom stereocenters. The van der Waals surface area contributed by atoms with Crippen molar-refractivity contribution in [1.29, 1.82) is 0 Å². The molecule has 0 N–H and O–H groups in total. The minimum absolute atomic E-state index is 0.372. The zero-order valence-electron chi connectivity index (χ0n) is 11.9. The van der Waals surface area contributed by atoms with Crippen molar-refractivity contribution < 1.29 is 4.79 Å². The Balaban J connectivity index is 2.10. The maximum atomic E-state index is 11.0. The van der Waals surface area contributed by atoms with Gasteiger partial charge in [-0.2, -0.15) is 0 Å². The maximum absolute atomic E-state index is 11.0. The van der Waals surface area contributed by atoms with E-state index in [0.717, 1.165) is 18.3 Å². The molecule has 0 bridgehead atoms. The van der Waals surface area contributed by atoms with Crippen LogP contribution in [0.2, 0.25) is 0 Å². The molecule has 100 valence electrons. The van der Waals surface area contributed by atoms with Crippen molar-refractivity contribution in [2.24, 2.45) is 0 Å². The summed E-state index contributed by atoms with van der Waals surface area (Å²) in [7, 11) is 0. The fourth-order valence-electron chi connectivity index (χ4n) is 3.05. The zero-order chi connectivity index (χ0) is 14.1. The van der Waals surface area contributed by atoms with Gasteiger partial charge in [-0.1, -0.05) is 54.1 Å². The molecule has 0 spiro atoms. The quantitative estimate of drug-likeness (QED) is 0.577. The number of benzene rings is 2. The van der Waals surface area contributed by atoms with Crippen molar-refractivity contribution in [3.05, 3.63) is 70.8 Å². The van der Waals surface area contributed by atoms with Crippen molar-refractivity contribution in [3.8, 4) is 11.1 Å². The third-order valence-electron chi connectivity index (χ3n) is 4.32. The minimum Gasteiger partial charge on any atom is -0.298 e. The molecule has 1 aliphatic carbocycles. The Labute approximate surface area is 120 Å². The fraction of sp³-hybridized carbons (Fsp3) is 0.211. The summed E-state index contributed by atoms with van der Waals surface area (Å²) in [6.07, 6.45) is 1.88. The van der Waals surface area contributed by atoms with Gasteiger partial charge in [-0.15, -0.1) is 0 Å². The molecule has 2 aromatic rings. The lowest BCUT2D eigenvalue weighted by Crippen LogP contribution is -1.99. The molecule has 0 unspecified atom stereocenters. The van der Waals surface area contributed by atoms with Gasteiger partial charge in [0.2, 0.25) is 0 Å². The molecule has 0 aromatic heterocycles. The van der Waals surface area contributed by atoms with Gasteiger partial charge in [0.15, 0.2) is 0 Å². The highest BCUT2D eigenvalue weighted by Crippen LogP contribution is 2.47. The summed E-state index contributed by atoms with van der Waals surface area (Å²) in [4.78, 5) is 11.0. The van der Waals surface area contributed by atoms with E-state index in [1.54, 1.807) is 0 Å². The largest absolute Gasteiger partial charge is 0.298 e. The second-order valence-electron chi connectivity index (χ2n) is 5.51. The second kappa shape index (κ2) is 5.09.